The fourth-order valence-corrected chi connectivity index (χ4v) is 1.25. The molecule has 1 N–H and O–H groups in total. The molecule has 0 unspecified atom stereocenters. The fourth-order valence-electron chi connectivity index (χ4n) is 1.25. The van der Waals surface area contributed by atoms with E-state index in [2.05, 4.69) is 0 Å². The molecule has 0 aromatic carbocycles. The predicted octanol–water partition coefficient (Wildman–Crippen LogP) is 1.17. The molecule has 1 rings (SSSR count). The van der Waals surface area contributed by atoms with E-state index in [1.807, 2.05) is 0 Å². The van der Waals surface area contributed by atoms with Crippen molar-refractivity contribution in [3.05, 3.63) is 0 Å². The molecular formula is C8H10F5NO2. The van der Waals surface area contributed by atoms with Gasteiger partial charge in [-0.2, -0.15) is 22.0 Å². The van der Waals surface area contributed by atoms with E-state index in [0.717, 1.165) is 0 Å². The van der Waals surface area contributed by atoms with Gasteiger partial charge in [0.25, 0.3) is 0 Å². The average molecular weight is 247 g/mol. The van der Waals surface area contributed by atoms with Crippen LogP contribution in [0.25, 0.3) is 0 Å². The van der Waals surface area contributed by atoms with E-state index >= 15 is 0 Å². The van der Waals surface area contributed by atoms with Crippen LogP contribution in [0.5, 0.6) is 0 Å². The van der Waals surface area contributed by atoms with E-state index < -0.39 is 37.2 Å². The molecule has 16 heavy (non-hydrogen) atoms. The van der Waals surface area contributed by atoms with Gasteiger partial charge in [-0.25, -0.2) is 0 Å². The predicted molar refractivity (Wildman–Crippen MR) is 42.8 cm³/mol. The van der Waals surface area contributed by atoms with E-state index in [1.54, 1.807) is 0 Å². The summed E-state index contributed by atoms with van der Waals surface area (Å²) < 4.78 is 61.1. The lowest BCUT2D eigenvalue weighted by Gasteiger charge is -2.27. The van der Waals surface area contributed by atoms with Crippen LogP contribution in [0.2, 0.25) is 0 Å². The first-order chi connectivity index (χ1) is 7.21. The molecule has 1 saturated carbocycles. The van der Waals surface area contributed by atoms with Gasteiger partial charge in [0.15, 0.2) is 0 Å². The minimum absolute atomic E-state index is 0.389. The van der Waals surface area contributed by atoms with Crippen molar-refractivity contribution in [2.24, 2.45) is 0 Å². The maximum atomic E-state index is 12.7. The molecule has 0 saturated heterocycles. The van der Waals surface area contributed by atoms with Crippen molar-refractivity contribution in [1.29, 1.82) is 0 Å². The highest BCUT2D eigenvalue weighted by molar-refractivity contribution is 5.85. The molecule has 1 aliphatic rings. The Morgan fingerprint density at radius 2 is 1.75 bits per heavy atom. The third-order valence-electron chi connectivity index (χ3n) is 2.21. The van der Waals surface area contributed by atoms with Crippen LogP contribution in [0.3, 0.4) is 0 Å². The summed E-state index contributed by atoms with van der Waals surface area (Å²) >= 11 is 0. The van der Waals surface area contributed by atoms with Crippen LogP contribution < -0.4 is 0 Å². The van der Waals surface area contributed by atoms with Gasteiger partial charge in [0.1, 0.15) is 0 Å². The summed E-state index contributed by atoms with van der Waals surface area (Å²) in [6.07, 6.45) is -5.12. The first-order valence-electron chi connectivity index (χ1n) is 4.58. The lowest BCUT2D eigenvalue weighted by molar-refractivity contribution is -0.274. The summed E-state index contributed by atoms with van der Waals surface area (Å²) in [6, 6.07) is -0.604. The molecule has 3 nitrogen and oxygen atoms in total. The second-order valence-electron chi connectivity index (χ2n) is 3.53. The standard InChI is InChI=1S/C8H10F5NO2/c9-7(10,8(11,12)13)6(16)14(3-4-15)5-1-2-5/h5,15H,1-4H2. The minimum Gasteiger partial charge on any atom is -0.395 e. The number of halogens is 5. The molecule has 0 bridgehead atoms. The fraction of sp³-hybridized carbons (Fsp3) is 0.875. The Morgan fingerprint density at radius 3 is 2.06 bits per heavy atom. The first-order valence-corrected chi connectivity index (χ1v) is 4.58. The van der Waals surface area contributed by atoms with Gasteiger partial charge >= 0.3 is 18.0 Å². The topological polar surface area (TPSA) is 40.5 Å². The second-order valence-corrected chi connectivity index (χ2v) is 3.53. The molecular weight excluding hydrogens is 237 g/mol. The van der Waals surface area contributed by atoms with E-state index in [9.17, 15) is 26.7 Å². The van der Waals surface area contributed by atoms with E-state index in [4.69, 9.17) is 5.11 Å². The molecule has 8 heteroatoms. The Morgan fingerprint density at radius 1 is 1.25 bits per heavy atom. The molecule has 94 valence electrons. The van der Waals surface area contributed by atoms with Crippen LogP contribution in [-0.2, 0) is 4.79 Å². The van der Waals surface area contributed by atoms with E-state index in [1.165, 1.54) is 0 Å². The molecule has 0 aliphatic heterocycles. The maximum absolute atomic E-state index is 12.7. The molecule has 1 aliphatic carbocycles. The first kappa shape index (κ1) is 13.1. The Labute approximate surface area is 87.8 Å². The Balaban J connectivity index is 2.81. The number of alkyl halides is 5. The smallest absolute Gasteiger partial charge is 0.395 e. The van der Waals surface area contributed by atoms with Crippen molar-refractivity contribution in [3.8, 4) is 0 Å². The number of hydrogen-bond donors (Lipinski definition) is 1. The van der Waals surface area contributed by atoms with Gasteiger partial charge in [-0.3, -0.25) is 4.79 Å². The Kier molecular flexibility index (Phi) is 3.41. The van der Waals surface area contributed by atoms with Gasteiger partial charge in [-0.05, 0) is 12.8 Å². The third-order valence-corrected chi connectivity index (χ3v) is 2.21. The maximum Gasteiger partial charge on any atom is 0.463 e. The Bertz CT molecular complexity index is 274. The SMILES string of the molecule is O=C(N(CCO)C1CC1)C(F)(F)C(F)(F)F. The number of carbonyl (C=O) groups is 1. The zero-order chi connectivity index (χ0) is 12.6. The van der Waals surface area contributed by atoms with Crippen LogP contribution >= 0.6 is 0 Å². The van der Waals surface area contributed by atoms with Gasteiger partial charge in [0.2, 0.25) is 0 Å². The highest BCUT2D eigenvalue weighted by Gasteiger charge is 2.65. The zero-order valence-corrected chi connectivity index (χ0v) is 8.10. The molecule has 0 aromatic rings. The summed E-state index contributed by atoms with van der Waals surface area (Å²) in [5.74, 6) is -7.67. The third kappa shape index (κ3) is 2.42. The summed E-state index contributed by atoms with van der Waals surface area (Å²) in [6.45, 7) is -1.15. The summed E-state index contributed by atoms with van der Waals surface area (Å²) in [5.41, 5.74) is 0. The Hall–Kier alpha value is -0.920. The van der Waals surface area contributed by atoms with Crippen molar-refractivity contribution < 1.29 is 31.9 Å². The van der Waals surface area contributed by atoms with Gasteiger partial charge in [0.05, 0.1) is 6.61 Å². The quantitative estimate of drug-likeness (QED) is 0.757. The summed E-state index contributed by atoms with van der Waals surface area (Å²) in [4.78, 5) is 11.4. The normalized spacial score (nSPS) is 17.4. The van der Waals surface area contributed by atoms with Crippen LogP contribution in [0, 0.1) is 0 Å². The highest BCUT2D eigenvalue weighted by Crippen LogP contribution is 2.39. The highest BCUT2D eigenvalue weighted by atomic mass is 19.4. The van der Waals surface area contributed by atoms with Crippen LogP contribution in [-0.4, -0.2) is 47.2 Å². The van der Waals surface area contributed by atoms with Crippen molar-refractivity contribution in [3.63, 3.8) is 0 Å². The molecule has 0 spiro atoms. The lowest BCUT2D eigenvalue weighted by Crippen LogP contribution is -2.53. The largest absolute Gasteiger partial charge is 0.463 e. The lowest BCUT2D eigenvalue weighted by atomic mass is 10.2. The number of aliphatic hydroxyl groups excluding tert-OH is 1. The number of aliphatic hydroxyl groups is 1. The summed E-state index contributed by atoms with van der Waals surface area (Å²) in [5, 5.41) is 8.51. The number of rotatable bonds is 4. The van der Waals surface area contributed by atoms with Gasteiger partial charge in [0, 0.05) is 12.6 Å². The van der Waals surface area contributed by atoms with Crippen molar-refractivity contribution in [2.75, 3.05) is 13.2 Å². The van der Waals surface area contributed by atoms with E-state index in [-0.39, 0.29) is 0 Å². The van der Waals surface area contributed by atoms with Crippen molar-refractivity contribution in [2.45, 2.75) is 31.0 Å². The number of nitrogens with zero attached hydrogens (tertiary/aromatic N) is 1. The zero-order valence-electron chi connectivity index (χ0n) is 8.10. The van der Waals surface area contributed by atoms with Crippen molar-refractivity contribution in [1.82, 2.24) is 4.90 Å². The van der Waals surface area contributed by atoms with Crippen LogP contribution in [0.1, 0.15) is 12.8 Å². The average Bonchev–Trinajstić information content (AvgIpc) is 2.94. The molecule has 1 amide bonds. The van der Waals surface area contributed by atoms with E-state index in [0.29, 0.717) is 17.7 Å². The molecule has 0 atom stereocenters. The van der Waals surface area contributed by atoms with Crippen LogP contribution in [0.4, 0.5) is 22.0 Å². The van der Waals surface area contributed by atoms with Crippen molar-refractivity contribution >= 4 is 5.91 Å². The molecule has 0 heterocycles. The van der Waals surface area contributed by atoms with Gasteiger partial charge in [-0.1, -0.05) is 0 Å². The number of amides is 1. The number of hydrogen-bond acceptors (Lipinski definition) is 2. The molecule has 0 aromatic heterocycles. The number of carbonyl (C=O) groups excluding carboxylic acids is 1. The van der Waals surface area contributed by atoms with Crippen LogP contribution in [0.15, 0.2) is 0 Å². The molecule has 1 fully saturated rings. The van der Waals surface area contributed by atoms with Gasteiger partial charge < -0.3 is 10.0 Å². The molecule has 0 radical (unpaired) electrons. The second kappa shape index (κ2) is 4.15. The minimum atomic E-state index is -5.90. The summed E-state index contributed by atoms with van der Waals surface area (Å²) in [7, 11) is 0. The monoisotopic (exact) mass is 247 g/mol. The van der Waals surface area contributed by atoms with Gasteiger partial charge in [-0.15, -0.1) is 0 Å².